The van der Waals surface area contributed by atoms with Crippen molar-refractivity contribution in [2.75, 3.05) is 23.3 Å². The molecule has 4 rings (SSSR count). The quantitative estimate of drug-likeness (QED) is 0.501. The van der Waals surface area contributed by atoms with Gasteiger partial charge >= 0.3 is 0 Å². The maximum absolute atomic E-state index is 4.66. The number of rotatable bonds is 7. The van der Waals surface area contributed by atoms with Gasteiger partial charge < -0.3 is 15.2 Å². The number of hydrogen-bond donors (Lipinski definition) is 2. The summed E-state index contributed by atoms with van der Waals surface area (Å²) in [4.78, 5) is 10.1. The van der Waals surface area contributed by atoms with Gasteiger partial charge in [0.25, 0.3) is 0 Å². The Kier molecular flexibility index (Phi) is 5.19. The van der Waals surface area contributed by atoms with Crippen molar-refractivity contribution in [3.05, 3.63) is 72.1 Å². The van der Waals surface area contributed by atoms with E-state index in [9.17, 15) is 0 Å². The van der Waals surface area contributed by atoms with Crippen molar-refractivity contribution in [2.24, 2.45) is 0 Å². The van der Waals surface area contributed by atoms with Gasteiger partial charge in [0.05, 0.1) is 6.20 Å². The number of fused-ring (bicyclic) bond motifs is 1. The van der Waals surface area contributed by atoms with E-state index in [0.29, 0.717) is 5.95 Å². The van der Waals surface area contributed by atoms with E-state index in [-0.39, 0.29) is 0 Å². The summed E-state index contributed by atoms with van der Waals surface area (Å²) in [7, 11) is 0. The molecular weight excluding hydrogens is 348 g/mol. The van der Waals surface area contributed by atoms with E-state index in [1.54, 1.807) is 6.20 Å². The number of para-hydroxylation sites is 1. The fourth-order valence-corrected chi connectivity index (χ4v) is 3.42. The number of aryl methyl sites for hydroxylation is 1. The lowest BCUT2D eigenvalue weighted by Gasteiger charge is -2.22. The van der Waals surface area contributed by atoms with Crippen LogP contribution in [-0.4, -0.2) is 33.3 Å². The van der Waals surface area contributed by atoms with Gasteiger partial charge in [-0.05, 0) is 49.6 Å². The Morgan fingerprint density at radius 3 is 2.86 bits per heavy atom. The van der Waals surface area contributed by atoms with Crippen LogP contribution in [-0.2, 0) is 6.42 Å². The van der Waals surface area contributed by atoms with E-state index in [2.05, 4.69) is 92.9 Å². The van der Waals surface area contributed by atoms with E-state index >= 15 is 0 Å². The topological polar surface area (TPSA) is 69.7 Å². The minimum absolute atomic E-state index is 0.545. The second-order valence-electron chi connectivity index (χ2n) is 6.76. The second-order valence-corrected chi connectivity index (χ2v) is 6.76. The summed E-state index contributed by atoms with van der Waals surface area (Å²) in [5.74, 6) is 1.33. The van der Waals surface area contributed by atoms with Crippen LogP contribution < -0.4 is 10.2 Å². The van der Waals surface area contributed by atoms with Crippen molar-refractivity contribution in [2.45, 2.75) is 20.3 Å². The van der Waals surface area contributed by atoms with Gasteiger partial charge in [-0.1, -0.05) is 30.3 Å². The Balaban J connectivity index is 1.46. The van der Waals surface area contributed by atoms with Crippen LogP contribution in [0.4, 0.5) is 17.5 Å². The molecule has 0 aliphatic rings. The molecule has 4 aromatic rings. The SMILES string of the molecule is CCN(c1cccc(C)c1)c1cnnc(NCCc2c[nH]c3ccccc23)n1. The van der Waals surface area contributed by atoms with Gasteiger partial charge in [-0.2, -0.15) is 10.1 Å². The minimum atomic E-state index is 0.545. The normalized spacial score (nSPS) is 10.9. The molecule has 0 aliphatic heterocycles. The molecule has 2 N–H and O–H groups in total. The van der Waals surface area contributed by atoms with Gasteiger partial charge in [0.1, 0.15) is 0 Å². The van der Waals surface area contributed by atoms with Crippen molar-refractivity contribution in [1.82, 2.24) is 20.2 Å². The van der Waals surface area contributed by atoms with Crippen LogP contribution in [0.1, 0.15) is 18.1 Å². The number of anilines is 3. The van der Waals surface area contributed by atoms with Crippen molar-refractivity contribution >= 4 is 28.4 Å². The lowest BCUT2D eigenvalue weighted by molar-refractivity contribution is 0.897. The number of aromatic nitrogens is 4. The van der Waals surface area contributed by atoms with Gasteiger partial charge in [-0.15, -0.1) is 5.10 Å². The molecule has 0 spiro atoms. The molecule has 6 nitrogen and oxygen atoms in total. The molecule has 0 amide bonds. The number of nitrogens with one attached hydrogen (secondary N) is 2. The zero-order chi connectivity index (χ0) is 19.3. The Bertz CT molecular complexity index is 1070. The standard InChI is InChI=1S/C22H24N6/c1-3-28(18-8-6-7-16(2)13-18)21-15-25-27-22(26-21)23-12-11-17-14-24-20-10-5-4-9-19(17)20/h4-10,13-15,24H,3,11-12H2,1-2H3,(H,23,26,27). The number of aromatic amines is 1. The van der Waals surface area contributed by atoms with Gasteiger partial charge in [0, 0.05) is 35.9 Å². The zero-order valence-electron chi connectivity index (χ0n) is 16.2. The summed E-state index contributed by atoms with van der Waals surface area (Å²) in [6, 6.07) is 16.7. The monoisotopic (exact) mass is 372 g/mol. The predicted molar refractivity (Wildman–Crippen MR) is 114 cm³/mol. The van der Waals surface area contributed by atoms with Crippen LogP contribution in [0.15, 0.2) is 60.9 Å². The molecule has 0 radical (unpaired) electrons. The highest BCUT2D eigenvalue weighted by Crippen LogP contribution is 2.24. The Hall–Kier alpha value is -3.41. The lowest BCUT2D eigenvalue weighted by Crippen LogP contribution is -2.19. The van der Waals surface area contributed by atoms with Gasteiger partial charge in [-0.3, -0.25) is 0 Å². The van der Waals surface area contributed by atoms with Gasteiger partial charge in [-0.25, -0.2) is 0 Å². The Labute approximate surface area is 164 Å². The van der Waals surface area contributed by atoms with E-state index in [1.165, 1.54) is 16.5 Å². The third kappa shape index (κ3) is 3.81. The highest BCUT2D eigenvalue weighted by molar-refractivity contribution is 5.83. The van der Waals surface area contributed by atoms with Crippen molar-refractivity contribution in [1.29, 1.82) is 0 Å². The molecule has 2 aromatic carbocycles. The summed E-state index contributed by atoms with van der Waals surface area (Å²) in [5.41, 5.74) is 4.76. The average molecular weight is 372 g/mol. The summed E-state index contributed by atoms with van der Waals surface area (Å²) >= 11 is 0. The van der Waals surface area contributed by atoms with E-state index < -0.39 is 0 Å². The first-order valence-corrected chi connectivity index (χ1v) is 9.57. The average Bonchev–Trinajstić information content (AvgIpc) is 3.12. The summed E-state index contributed by atoms with van der Waals surface area (Å²) in [5, 5.41) is 12.8. The molecule has 0 atom stereocenters. The maximum Gasteiger partial charge on any atom is 0.244 e. The van der Waals surface area contributed by atoms with Crippen molar-refractivity contribution < 1.29 is 0 Å². The third-order valence-corrected chi connectivity index (χ3v) is 4.80. The molecule has 2 heterocycles. The van der Waals surface area contributed by atoms with Crippen LogP contribution in [0.25, 0.3) is 10.9 Å². The second kappa shape index (κ2) is 8.08. The minimum Gasteiger partial charge on any atom is -0.361 e. The molecule has 142 valence electrons. The first-order chi connectivity index (χ1) is 13.7. The van der Waals surface area contributed by atoms with Crippen LogP contribution in [0, 0.1) is 6.92 Å². The van der Waals surface area contributed by atoms with Crippen molar-refractivity contribution in [3.63, 3.8) is 0 Å². The molecule has 0 fully saturated rings. The molecule has 0 saturated heterocycles. The van der Waals surface area contributed by atoms with Crippen molar-refractivity contribution in [3.8, 4) is 0 Å². The molecule has 2 aromatic heterocycles. The fourth-order valence-electron chi connectivity index (χ4n) is 3.42. The molecule has 0 saturated carbocycles. The van der Waals surface area contributed by atoms with E-state index in [0.717, 1.165) is 36.5 Å². The van der Waals surface area contributed by atoms with Crippen LogP contribution >= 0.6 is 0 Å². The zero-order valence-corrected chi connectivity index (χ0v) is 16.2. The summed E-state index contributed by atoms with van der Waals surface area (Å²) in [6.07, 6.45) is 4.65. The molecule has 0 aliphatic carbocycles. The molecule has 28 heavy (non-hydrogen) atoms. The number of benzene rings is 2. The first kappa shape index (κ1) is 18.0. The maximum atomic E-state index is 4.66. The van der Waals surface area contributed by atoms with Gasteiger partial charge in [0.2, 0.25) is 5.95 Å². The molecular formula is C22H24N6. The van der Waals surface area contributed by atoms with Crippen LogP contribution in [0.3, 0.4) is 0 Å². The molecule has 0 bridgehead atoms. The smallest absolute Gasteiger partial charge is 0.244 e. The highest BCUT2D eigenvalue weighted by Gasteiger charge is 2.11. The highest BCUT2D eigenvalue weighted by atomic mass is 15.3. The first-order valence-electron chi connectivity index (χ1n) is 9.57. The summed E-state index contributed by atoms with van der Waals surface area (Å²) < 4.78 is 0. The number of hydrogen-bond acceptors (Lipinski definition) is 5. The van der Waals surface area contributed by atoms with Crippen LogP contribution in [0.2, 0.25) is 0 Å². The predicted octanol–water partition coefficient (Wildman–Crippen LogP) is 4.47. The third-order valence-electron chi connectivity index (χ3n) is 4.80. The fraction of sp³-hybridized carbons (Fsp3) is 0.227. The largest absolute Gasteiger partial charge is 0.361 e. The van der Waals surface area contributed by atoms with Gasteiger partial charge in [0.15, 0.2) is 5.82 Å². The molecule has 6 heteroatoms. The Morgan fingerprint density at radius 2 is 2.00 bits per heavy atom. The molecule has 0 unspecified atom stereocenters. The number of nitrogens with zero attached hydrogens (tertiary/aromatic N) is 4. The van der Waals surface area contributed by atoms with E-state index in [4.69, 9.17) is 0 Å². The summed E-state index contributed by atoms with van der Waals surface area (Å²) in [6.45, 7) is 5.74. The number of H-pyrrole nitrogens is 1. The lowest BCUT2D eigenvalue weighted by atomic mass is 10.1. The Morgan fingerprint density at radius 1 is 1.11 bits per heavy atom. The van der Waals surface area contributed by atoms with E-state index in [1.807, 2.05) is 6.07 Å². The van der Waals surface area contributed by atoms with Crippen LogP contribution in [0.5, 0.6) is 0 Å².